The molecule has 0 aliphatic heterocycles. The molecule has 0 fully saturated rings. The van der Waals surface area contributed by atoms with Crippen molar-refractivity contribution in [1.82, 2.24) is 4.98 Å². The minimum Gasteiger partial charge on any atom is -0.320 e. The molecule has 1 aromatic carbocycles. The minimum atomic E-state index is -0.404. The van der Waals surface area contributed by atoms with E-state index in [-0.39, 0.29) is 5.69 Å². The summed E-state index contributed by atoms with van der Waals surface area (Å²) in [6.07, 6.45) is 4.13. The molecule has 0 bridgehead atoms. The average molecular weight is 257 g/mol. The second kappa shape index (κ2) is 5.58. The monoisotopic (exact) mass is 257 g/mol. The first-order chi connectivity index (χ1) is 9.13. The van der Waals surface area contributed by atoms with Crippen molar-refractivity contribution < 1.29 is 4.92 Å². The first kappa shape index (κ1) is 13.2. The Labute approximate surface area is 111 Å². The SMILES string of the molecule is CCc1ccc([N+](=O)[O-])cc1C(N)c1cccnc1. The number of hydrogen-bond acceptors (Lipinski definition) is 4. The summed E-state index contributed by atoms with van der Waals surface area (Å²) >= 11 is 0. The van der Waals surface area contributed by atoms with Gasteiger partial charge in [0.1, 0.15) is 0 Å². The molecule has 5 heteroatoms. The Morgan fingerprint density at radius 1 is 1.42 bits per heavy atom. The smallest absolute Gasteiger partial charge is 0.269 e. The Morgan fingerprint density at radius 3 is 2.79 bits per heavy atom. The lowest BCUT2D eigenvalue weighted by Crippen LogP contribution is -2.14. The van der Waals surface area contributed by atoms with Gasteiger partial charge < -0.3 is 5.73 Å². The van der Waals surface area contributed by atoms with Crippen LogP contribution in [-0.4, -0.2) is 9.91 Å². The van der Waals surface area contributed by atoms with Gasteiger partial charge in [0.25, 0.3) is 5.69 Å². The van der Waals surface area contributed by atoms with E-state index in [2.05, 4.69) is 4.98 Å². The summed E-state index contributed by atoms with van der Waals surface area (Å²) < 4.78 is 0. The zero-order valence-corrected chi connectivity index (χ0v) is 10.6. The summed E-state index contributed by atoms with van der Waals surface area (Å²) in [5.74, 6) is 0. The number of nitrogens with two attached hydrogens (primary N) is 1. The Morgan fingerprint density at radius 2 is 2.21 bits per heavy atom. The highest BCUT2D eigenvalue weighted by molar-refractivity contribution is 5.44. The molecule has 1 atom stereocenters. The average Bonchev–Trinajstić information content (AvgIpc) is 2.46. The van der Waals surface area contributed by atoms with Crippen LogP contribution in [0.5, 0.6) is 0 Å². The van der Waals surface area contributed by atoms with Crippen LogP contribution in [0.1, 0.15) is 29.7 Å². The molecule has 1 unspecified atom stereocenters. The van der Waals surface area contributed by atoms with Gasteiger partial charge in [0.05, 0.1) is 11.0 Å². The molecule has 0 radical (unpaired) electrons. The van der Waals surface area contributed by atoms with E-state index in [1.54, 1.807) is 30.6 Å². The first-order valence-corrected chi connectivity index (χ1v) is 6.06. The van der Waals surface area contributed by atoms with E-state index >= 15 is 0 Å². The lowest BCUT2D eigenvalue weighted by molar-refractivity contribution is -0.384. The number of hydrogen-bond donors (Lipinski definition) is 1. The summed E-state index contributed by atoms with van der Waals surface area (Å²) in [6.45, 7) is 2.00. The van der Waals surface area contributed by atoms with Crippen molar-refractivity contribution in [2.24, 2.45) is 5.73 Å². The minimum absolute atomic E-state index is 0.0616. The van der Waals surface area contributed by atoms with Crippen LogP contribution in [0.3, 0.4) is 0 Å². The summed E-state index contributed by atoms with van der Waals surface area (Å²) in [5.41, 5.74) is 8.90. The van der Waals surface area contributed by atoms with Crippen molar-refractivity contribution in [3.05, 3.63) is 69.5 Å². The van der Waals surface area contributed by atoms with Gasteiger partial charge in [-0.2, -0.15) is 0 Å². The molecule has 98 valence electrons. The number of aromatic nitrogens is 1. The third-order valence-electron chi connectivity index (χ3n) is 3.10. The standard InChI is InChI=1S/C14H15N3O2/c1-2-10-5-6-12(17(18)19)8-13(10)14(15)11-4-3-7-16-9-11/h3-9,14H,2,15H2,1H3. The van der Waals surface area contributed by atoms with E-state index in [0.29, 0.717) is 0 Å². The van der Waals surface area contributed by atoms with Gasteiger partial charge in [0.15, 0.2) is 0 Å². The fourth-order valence-electron chi connectivity index (χ4n) is 2.05. The largest absolute Gasteiger partial charge is 0.320 e. The maximum Gasteiger partial charge on any atom is 0.269 e. The molecule has 0 aliphatic carbocycles. The van der Waals surface area contributed by atoms with Crippen LogP contribution in [0.2, 0.25) is 0 Å². The van der Waals surface area contributed by atoms with Crippen molar-refractivity contribution >= 4 is 5.69 Å². The fraction of sp³-hybridized carbons (Fsp3) is 0.214. The molecular formula is C14H15N3O2. The summed E-state index contributed by atoms with van der Waals surface area (Å²) in [7, 11) is 0. The predicted octanol–water partition coefficient (Wildman–Crippen LogP) is 2.60. The number of pyridine rings is 1. The third-order valence-corrected chi connectivity index (χ3v) is 3.10. The number of nitro benzene ring substituents is 1. The lowest BCUT2D eigenvalue weighted by Gasteiger charge is -2.15. The van der Waals surface area contributed by atoms with Gasteiger partial charge in [-0.05, 0) is 29.2 Å². The molecule has 0 saturated heterocycles. The number of rotatable bonds is 4. The Bertz CT molecular complexity index is 584. The number of benzene rings is 1. The van der Waals surface area contributed by atoms with Crippen LogP contribution in [0.4, 0.5) is 5.69 Å². The van der Waals surface area contributed by atoms with E-state index < -0.39 is 11.0 Å². The van der Waals surface area contributed by atoms with Gasteiger partial charge in [-0.3, -0.25) is 15.1 Å². The molecular weight excluding hydrogens is 242 g/mol. The summed E-state index contributed by atoms with van der Waals surface area (Å²) in [5, 5.41) is 10.9. The normalized spacial score (nSPS) is 12.1. The van der Waals surface area contributed by atoms with Gasteiger partial charge in [0.2, 0.25) is 0 Å². The molecule has 1 heterocycles. The highest BCUT2D eigenvalue weighted by Gasteiger charge is 2.16. The molecule has 0 amide bonds. The molecule has 2 rings (SSSR count). The van der Waals surface area contributed by atoms with Crippen molar-refractivity contribution in [2.45, 2.75) is 19.4 Å². The van der Waals surface area contributed by atoms with Crippen LogP contribution >= 0.6 is 0 Å². The highest BCUT2D eigenvalue weighted by Crippen LogP contribution is 2.26. The molecule has 0 spiro atoms. The maximum absolute atomic E-state index is 10.9. The van der Waals surface area contributed by atoms with Crippen molar-refractivity contribution in [3.63, 3.8) is 0 Å². The van der Waals surface area contributed by atoms with Crippen LogP contribution < -0.4 is 5.73 Å². The molecule has 1 aromatic heterocycles. The second-order valence-corrected chi connectivity index (χ2v) is 4.26. The van der Waals surface area contributed by atoms with Crippen molar-refractivity contribution in [1.29, 1.82) is 0 Å². The topological polar surface area (TPSA) is 82.0 Å². The van der Waals surface area contributed by atoms with Crippen LogP contribution in [0, 0.1) is 10.1 Å². The second-order valence-electron chi connectivity index (χ2n) is 4.26. The van der Waals surface area contributed by atoms with E-state index in [9.17, 15) is 10.1 Å². The molecule has 0 saturated carbocycles. The van der Waals surface area contributed by atoms with Gasteiger partial charge in [-0.1, -0.05) is 19.1 Å². The number of nitrogens with zero attached hydrogens (tertiary/aromatic N) is 2. The first-order valence-electron chi connectivity index (χ1n) is 6.06. The van der Waals surface area contributed by atoms with Crippen molar-refractivity contribution in [2.75, 3.05) is 0 Å². The van der Waals surface area contributed by atoms with Crippen LogP contribution in [0.15, 0.2) is 42.7 Å². The zero-order valence-electron chi connectivity index (χ0n) is 10.6. The predicted molar refractivity (Wildman–Crippen MR) is 72.7 cm³/mol. The molecule has 5 nitrogen and oxygen atoms in total. The van der Waals surface area contributed by atoms with Crippen LogP contribution in [0.25, 0.3) is 0 Å². The van der Waals surface area contributed by atoms with Gasteiger partial charge in [0, 0.05) is 24.5 Å². The number of non-ortho nitro benzene ring substituents is 1. The van der Waals surface area contributed by atoms with Gasteiger partial charge in [-0.25, -0.2) is 0 Å². The maximum atomic E-state index is 10.9. The van der Waals surface area contributed by atoms with Gasteiger partial charge >= 0.3 is 0 Å². The zero-order chi connectivity index (χ0) is 13.8. The Kier molecular flexibility index (Phi) is 3.87. The molecule has 19 heavy (non-hydrogen) atoms. The molecule has 0 aliphatic rings. The van der Waals surface area contributed by atoms with Crippen LogP contribution in [-0.2, 0) is 6.42 Å². The summed E-state index contributed by atoms with van der Waals surface area (Å²) in [6, 6.07) is 8.11. The molecule has 2 aromatic rings. The third kappa shape index (κ3) is 2.77. The van der Waals surface area contributed by atoms with Crippen molar-refractivity contribution in [3.8, 4) is 0 Å². The summed E-state index contributed by atoms with van der Waals surface area (Å²) in [4.78, 5) is 14.5. The number of aryl methyl sites for hydroxylation is 1. The van der Waals surface area contributed by atoms with E-state index in [4.69, 9.17) is 5.73 Å². The lowest BCUT2D eigenvalue weighted by atomic mass is 9.94. The Hall–Kier alpha value is -2.27. The Balaban J connectivity index is 2.47. The fourth-order valence-corrected chi connectivity index (χ4v) is 2.05. The number of nitro groups is 1. The molecule has 2 N–H and O–H groups in total. The van der Waals surface area contributed by atoms with Gasteiger partial charge in [-0.15, -0.1) is 0 Å². The highest BCUT2D eigenvalue weighted by atomic mass is 16.6. The van der Waals surface area contributed by atoms with E-state index in [1.165, 1.54) is 6.07 Å². The quantitative estimate of drug-likeness (QED) is 0.674. The van der Waals surface area contributed by atoms with E-state index in [1.807, 2.05) is 13.0 Å². The van der Waals surface area contributed by atoms with E-state index in [0.717, 1.165) is 23.1 Å².